The van der Waals surface area contributed by atoms with Crippen LogP contribution in [-0.2, 0) is 16.1 Å². The molecule has 1 aromatic carbocycles. The number of hydrogen-bond acceptors (Lipinski definition) is 4. The fourth-order valence-corrected chi connectivity index (χ4v) is 1.83. The van der Waals surface area contributed by atoms with E-state index in [1.165, 1.54) is 0 Å². The average Bonchev–Trinajstić information content (AvgIpc) is 2.54. The van der Waals surface area contributed by atoms with Crippen LogP contribution in [0.2, 0.25) is 0 Å². The van der Waals surface area contributed by atoms with Gasteiger partial charge in [-0.05, 0) is 37.9 Å². The monoisotopic (exact) mass is 308 g/mol. The van der Waals surface area contributed by atoms with Gasteiger partial charge >= 0.3 is 5.97 Å². The lowest BCUT2D eigenvalue weighted by atomic mass is 10.0. The number of oxime groups is 1. The van der Waals surface area contributed by atoms with E-state index < -0.39 is 12.0 Å². The van der Waals surface area contributed by atoms with Gasteiger partial charge in [-0.15, -0.1) is 0 Å². The zero-order valence-corrected chi connectivity index (χ0v) is 14.2. The summed E-state index contributed by atoms with van der Waals surface area (Å²) in [7, 11) is 0. The van der Waals surface area contributed by atoms with Gasteiger partial charge < -0.3 is 15.3 Å². The molecule has 2 N–H and O–H groups in total. The van der Waals surface area contributed by atoms with Crippen molar-refractivity contribution in [3.63, 3.8) is 0 Å². The van der Waals surface area contributed by atoms with Crippen molar-refractivity contribution in [1.82, 2.24) is 5.32 Å². The summed E-state index contributed by atoms with van der Waals surface area (Å²) in [6.07, 6.45) is 0.463. The van der Waals surface area contributed by atoms with Crippen molar-refractivity contribution in [3.8, 4) is 0 Å². The zero-order valence-electron chi connectivity index (χ0n) is 14.2. The number of carboxylic acid groups (broad SMARTS) is 1. The third-order valence-corrected chi connectivity index (χ3v) is 2.89. The number of rotatable bonds is 8. The van der Waals surface area contributed by atoms with E-state index >= 15 is 0 Å². The van der Waals surface area contributed by atoms with E-state index in [1.807, 2.05) is 58.9 Å². The van der Waals surface area contributed by atoms with Crippen LogP contribution in [0.25, 0.3) is 0 Å². The van der Waals surface area contributed by atoms with Crippen LogP contribution in [-0.4, -0.2) is 36.0 Å². The number of nitrogens with one attached hydrogen (secondary N) is 1. The molecule has 5 nitrogen and oxygen atoms in total. The molecular formula is C17H28N2O3. The molecule has 0 bridgehead atoms. The highest BCUT2D eigenvalue weighted by Crippen LogP contribution is 2.09. The van der Waals surface area contributed by atoms with Gasteiger partial charge in [-0.3, -0.25) is 4.79 Å². The lowest BCUT2D eigenvalue weighted by molar-refractivity contribution is -0.139. The second kappa shape index (κ2) is 11.7. The summed E-state index contributed by atoms with van der Waals surface area (Å²) in [5.74, 6) is -0.829. The highest BCUT2D eigenvalue weighted by molar-refractivity contribution is 5.98. The Morgan fingerprint density at radius 3 is 2.32 bits per heavy atom. The van der Waals surface area contributed by atoms with Crippen LogP contribution in [0.1, 0.15) is 45.7 Å². The maximum atomic E-state index is 11.1. The number of likely N-dealkylation sites (N-methyl/N-ethyl adjacent to an activating group) is 1. The van der Waals surface area contributed by atoms with E-state index in [0.29, 0.717) is 19.6 Å². The molecule has 1 rings (SSSR count). The van der Waals surface area contributed by atoms with Gasteiger partial charge in [0.2, 0.25) is 0 Å². The first-order valence-corrected chi connectivity index (χ1v) is 7.80. The number of hydrogen-bond donors (Lipinski definition) is 2. The number of benzene rings is 1. The minimum Gasteiger partial charge on any atom is -0.480 e. The van der Waals surface area contributed by atoms with E-state index in [-0.39, 0.29) is 0 Å². The molecule has 0 heterocycles. The Balaban J connectivity index is 0.00000211. The SMILES string of the molecule is CC.CCNC(Cc1ccc(/C(C)=N\OCC)cc1)C(=O)O. The highest BCUT2D eigenvalue weighted by Gasteiger charge is 2.16. The van der Waals surface area contributed by atoms with Crippen LogP contribution in [0, 0.1) is 0 Å². The van der Waals surface area contributed by atoms with Crippen molar-refractivity contribution in [3.05, 3.63) is 35.4 Å². The molecular weight excluding hydrogens is 280 g/mol. The summed E-state index contributed by atoms with van der Waals surface area (Å²) in [6, 6.07) is 7.15. The second-order valence-electron chi connectivity index (χ2n) is 4.44. The third-order valence-electron chi connectivity index (χ3n) is 2.89. The normalized spacial score (nSPS) is 12.1. The first-order chi connectivity index (χ1) is 10.6. The second-order valence-corrected chi connectivity index (χ2v) is 4.44. The minimum atomic E-state index is -0.829. The van der Waals surface area contributed by atoms with Gasteiger partial charge in [0.15, 0.2) is 0 Å². The zero-order chi connectivity index (χ0) is 17.0. The molecule has 0 aliphatic heterocycles. The summed E-state index contributed by atoms with van der Waals surface area (Å²) in [5, 5.41) is 16.0. The fourth-order valence-electron chi connectivity index (χ4n) is 1.83. The molecule has 1 atom stereocenters. The van der Waals surface area contributed by atoms with Crippen molar-refractivity contribution in [2.75, 3.05) is 13.2 Å². The minimum absolute atomic E-state index is 0.463. The Kier molecular flexibility index (Phi) is 10.7. The maximum Gasteiger partial charge on any atom is 0.321 e. The van der Waals surface area contributed by atoms with Crippen molar-refractivity contribution in [2.45, 2.75) is 47.1 Å². The molecule has 5 heteroatoms. The van der Waals surface area contributed by atoms with Gasteiger partial charge in [-0.1, -0.05) is 50.2 Å². The molecule has 1 aromatic rings. The Morgan fingerprint density at radius 1 is 1.27 bits per heavy atom. The predicted octanol–water partition coefficient (Wildman–Crippen LogP) is 3.08. The van der Waals surface area contributed by atoms with Crippen LogP contribution < -0.4 is 5.32 Å². The van der Waals surface area contributed by atoms with Crippen molar-refractivity contribution < 1.29 is 14.7 Å². The van der Waals surface area contributed by atoms with Crippen molar-refractivity contribution in [1.29, 1.82) is 0 Å². The molecule has 0 spiro atoms. The van der Waals surface area contributed by atoms with E-state index in [2.05, 4.69) is 10.5 Å². The highest BCUT2D eigenvalue weighted by atomic mass is 16.6. The first kappa shape index (κ1) is 20.1. The Bertz CT molecular complexity index is 455. The Hall–Kier alpha value is -1.88. The van der Waals surface area contributed by atoms with Gasteiger partial charge in [-0.2, -0.15) is 0 Å². The molecule has 0 fully saturated rings. The average molecular weight is 308 g/mol. The molecule has 0 aromatic heterocycles. The molecule has 0 aliphatic rings. The number of carboxylic acids is 1. The third kappa shape index (κ3) is 7.22. The summed E-state index contributed by atoms with van der Waals surface area (Å²) < 4.78 is 0. The van der Waals surface area contributed by atoms with E-state index in [0.717, 1.165) is 16.8 Å². The summed E-state index contributed by atoms with van der Waals surface area (Å²) in [6.45, 7) is 10.8. The molecule has 0 saturated carbocycles. The summed E-state index contributed by atoms with van der Waals surface area (Å²) in [5.41, 5.74) is 2.75. The molecule has 0 saturated heterocycles. The molecule has 0 amide bonds. The van der Waals surface area contributed by atoms with Crippen LogP contribution in [0.15, 0.2) is 29.4 Å². The lowest BCUT2D eigenvalue weighted by Crippen LogP contribution is -2.38. The smallest absolute Gasteiger partial charge is 0.321 e. The van der Waals surface area contributed by atoms with Crippen molar-refractivity contribution >= 4 is 11.7 Å². The molecule has 0 radical (unpaired) electrons. The molecule has 22 heavy (non-hydrogen) atoms. The standard InChI is InChI=1S/C15H22N2O3.C2H6/c1-4-16-14(15(18)19)10-12-6-8-13(9-7-12)11(3)17-20-5-2;1-2/h6-9,14,16H,4-5,10H2,1-3H3,(H,18,19);1-2H3/b17-11-;. The Morgan fingerprint density at radius 2 is 1.86 bits per heavy atom. The molecule has 124 valence electrons. The fraction of sp³-hybridized carbons (Fsp3) is 0.529. The van der Waals surface area contributed by atoms with Crippen molar-refractivity contribution in [2.24, 2.45) is 5.16 Å². The molecule has 0 aliphatic carbocycles. The van der Waals surface area contributed by atoms with E-state index in [1.54, 1.807) is 0 Å². The predicted molar refractivity (Wildman–Crippen MR) is 90.4 cm³/mol. The van der Waals surface area contributed by atoms with E-state index in [9.17, 15) is 4.79 Å². The molecule has 1 unspecified atom stereocenters. The topological polar surface area (TPSA) is 70.9 Å². The van der Waals surface area contributed by atoms with Gasteiger partial charge in [0.1, 0.15) is 12.6 Å². The lowest BCUT2D eigenvalue weighted by Gasteiger charge is -2.13. The summed E-state index contributed by atoms with van der Waals surface area (Å²) >= 11 is 0. The Labute approximate surface area is 133 Å². The van der Waals surface area contributed by atoms with Crippen LogP contribution in [0.4, 0.5) is 0 Å². The number of aliphatic carboxylic acids is 1. The van der Waals surface area contributed by atoms with Crippen LogP contribution >= 0.6 is 0 Å². The van der Waals surface area contributed by atoms with Gasteiger partial charge in [-0.25, -0.2) is 0 Å². The quantitative estimate of drug-likeness (QED) is 0.572. The summed E-state index contributed by atoms with van der Waals surface area (Å²) in [4.78, 5) is 16.1. The first-order valence-electron chi connectivity index (χ1n) is 7.80. The maximum absolute atomic E-state index is 11.1. The van der Waals surface area contributed by atoms with E-state index in [4.69, 9.17) is 9.94 Å². The van der Waals surface area contributed by atoms with Crippen LogP contribution in [0.3, 0.4) is 0 Å². The number of nitrogens with zero attached hydrogens (tertiary/aromatic N) is 1. The number of carbonyl (C=O) groups is 1. The van der Waals surface area contributed by atoms with Gasteiger partial charge in [0.05, 0.1) is 5.71 Å². The van der Waals surface area contributed by atoms with Gasteiger partial charge in [0.25, 0.3) is 0 Å². The van der Waals surface area contributed by atoms with Crippen LogP contribution in [0.5, 0.6) is 0 Å². The largest absolute Gasteiger partial charge is 0.480 e. The van der Waals surface area contributed by atoms with Gasteiger partial charge in [0, 0.05) is 0 Å².